The lowest BCUT2D eigenvalue weighted by Crippen LogP contribution is -2.39. The highest BCUT2D eigenvalue weighted by atomic mass is 35.5. The van der Waals surface area contributed by atoms with Gasteiger partial charge in [-0.05, 0) is 49.7 Å². The van der Waals surface area contributed by atoms with E-state index in [1.54, 1.807) is 35.2 Å². The molecule has 4 nitrogen and oxygen atoms in total. The summed E-state index contributed by atoms with van der Waals surface area (Å²) in [5.74, 6) is -1.86. The molecule has 33 heavy (non-hydrogen) atoms. The van der Waals surface area contributed by atoms with Crippen LogP contribution in [-0.2, 0) is 6.54 Å². The zero-order valence-electron chi connectivity index (χ0n) is 18.1. The van der Waals surface area contributed by atoms with Crippen LogP contribution in [0.25, 0.3) is 0 Å². The van der Waals surface area contributed by atoms with Gasteiger partial charge in [0.2, 0.25) is 0 Å². The Labute approximate surface area is 196 Å². The van der Waals surface area contributed by atoms with Crippen molar-refractivity contribution in [1.82, 2.24) is 4.90 Å². The summed E-state index contributed by atoms with van der Waals surface area (Å²) in [4.78, 5) is 16.7. The smallest absolute Gasteiger partial charge is 0.253 e. The van der Waals surface area contributed by atoms with Gasteiger partial charge in [-0.3, -0.25) is 4.79 Å². The molecule has 0 unspecified atom stereocenters. The van der Waals surface area contributed by atoms with Gasteiger partial charge in [-0.15, -0.1) is 0 Å². The van der Waals surface area contributed by atoms with Gasteiger partial charge in [0, 0.05) is 42.5 Å². The van der Waals surface area contributed by atoms with Crippen LogP contribution in [0.3, 0.4) is 0 Å². The Bertz CT molecular complexity index is 1240. The van der Waals surface area contributed by atoms with Crippen molar-refractivity contribution in [3.63, 3.8) is 0 Å². The lowest BCUT2D eigenvalue weighted by atomic mass is 10.1. The molecule has 1 amide bonds. The number of nitrogens with zero attached hydrogens (tertiary/aromatic N) is 3. The monoisotopic (exact) mass is 465 g/mol. The summed E-state index contributed by atoms with van der Waals surface area (Å²) in [6.07, 6.45) is 0.659. The van der Waals surface area contributed by atoms with E-state index in [2.05, 4.69) is 0 Å². The van der Waals surface area contributed by atoms with Crippen molar-refractivity contribution in [2.75, 3.05) is 18.0 Å². The zero-order chi connectivity index (χ0) is 23.5. The second-order valence-electron chi connectivity index (χ2n) is 8.18. The molecular weight excluding hydrogens is 444 g/mol. The first-order chi connectivity index (χ1) is 15.9. The number of carbonyl (C=O) groups is 1. The van der Waals surface area contributed by atoms with E-state index < -0.39 is 11.6 Å². The number of aryl methyl sites for hydroxylation is 1. The third kappa shape index (κ3) is 4.84. The van der Waals surface area contributed by atoms with Crippen LogP contribution >= 0.6 is 11.6 Å². The van der Waals surface area contributed by atoms with Crippen molar-refractivity contribution >= 4 is 23.2 Å². The van der Waals surface area contributed by atoms with E-state index >= 15 is 0 Å². The Morgan fingerprint density at radius 3 is 2.70 bits per heavy atom. The quantitative estimate of drug-likeness (QED) is 0.484. The third-order valence-corrected chi connectivity index (χ3v) is 6.25. The van der Waals surface area contributed by atoms with Crippen LogP contribution < -0.4 is 4.90 Å². The molecule has 1 aliphatic rings. The highest BCUT2D eigenvalue weighted by Crippen LogP contribution is 2.30. The van der Waals surface area contributed by atoms with E-state index in [-0.39, 0.29) is 29.1 Å². The Morgan fingerprint density at radius 1 is 1.18 bits per heavy atom. The minimum absolute atomic E-state index is 0.0593. The maximum atomic E-state index is 14.5. The molecule has 0 aliphatic carbocycles. The maximum absolute atomic E-state index is 14.5. The van der Waals surface area contributed by atoms with Crippen molar-refractivity contribution in [2.45, 2.75) is 25.9 Å². The van der Waals surface area contributed by atoms with Crippen LogP contribution in [0.15, 0.2) is 60.7 Å². The third-order valence-electron chi connectivity index (χ3n) is 5.93. The van der Waals surface area contributed by atoms with E-state index in [0.29, 0.717) is 36.3 Å². The standard InChI is InChI=1S/C26H22ClF2N3O/c1-17-4-2-5-18(12-17)26(33)31-11-10-22(16-31)32(15-20-6-3-7-24(28)25(20)29)21-9-8-19(14-30)23(27)13-21/h2-9,12-13,22H,10-11,15-16H2,1H3/t22-/m0/s1. The number of amides is 1. The van der Waals surface area contributed by atoms with Crippen molar-refractivity contribution in [3.05, 3.63) is 99.6 Å². The summed E-state index contributed by atoms with van der Waals surface area (Å²) >= 11 is 6.27. The first kappa shape index (κ1) is 22.8. The summed E-state index contributed by atoms with van der Waals surface area (Å²) in [7, 11) is 0. The average molecular weight is 466 g/mol. The second kappa shape index (κ2) is 9.60. The van der Waals surface area contributed by atoms with Gasteiger partial charge in [0.15, 0.2) is 11.6 Å². The second-order valence-corrected chi connectivity index (χ2v) is 8.59. The van der Waals surface area contributed by atoms with E-state index in [1.165, 1.54) is 6.07 Å². The highest BCUT2D eigenvalue weighted by molar-refractivity contribution is 6.32. The first-order valence-electron chi connectivity index (χ1n) is 10.6. The van der Waals surface area contributed by atoms with Gasteiger partial charge in [0.05, 0.1) is 10.6 Å². The van der Waals surface area contributed by atoms with Gasteiger partial charge in [-0.1, -0.05) is 41.4 Å². The highest BCUT2D eigenvalue weighted by Gasteiger charge is 2.32. The molecule has 1 atom stereocenters. The van der Waals surface area contributed by atoms with Gasteiger partial charge < -0.3 is 9.80 Å². The number of likely N-dealkylation sites (tertiary alicyclic amines) is 1. The van der Waals surface area contributed by atoms with Crippen molar-refractivity contribution in [1.29, 1.82) is 5.26 Å². The number of anilines is 1. The molecule has 0 radical (unpaired) electrons. The molecule has 0 saturated carbocycles. The molecular formula is C26H22ClF2N3O. The van der Waals surface area contributed by atoms with Gasteiger partial charge in [-0.2, -0.15) is 5.26 Å². The summed E-state index contributed by atoms with van der Waals surface area (Å²) in [5.41, 5.74) is 2.85. The minimum Gasteiger partial charge on any atom is -0.362 e. The lowest BCUT2D eigenvalue weighted by molar-refractivity contribution is 0.0790. The molecule has 3 aromatic carbocycles. The molecule has 1 heterocycles. The normalized spacial score (nSPS) is 15.4. The summed E-state index contributed by atoms with van der Waals surface area (Å²) in [6, 6.07) is 18.4. The van der Waals surface area contributed by atoms with Gasteiger partial charge in [0.25, 0.3) is 5.91 Å². The number of halogens is 3. The van der Waals surface area contributed by atoms with E-state index in [9.17, 15) is 18.8 Å². The van der Waals surface area contributed by atoms with E-state index in [1.807, 2.05) is 36.1 Å². The number of benzene rings is 3. The molecule has 7 heteroatoms. The van der Waals surface area contributed by atoms with Crippen LogP contribution in [-0.4, -0.2) is 29.9 Å². The number of rotatable bonds is 5. The minimum atomic E-state index is -0.909. The number of nitriles is 1. The Balaban J connectivity index is 1.63. The molecule has 0 bridgehead atoms. The maximum Gasteiger partial charge on any atom is 0.253 e. The van der Waals surface area contributed by atoms with Gasteiger partial charge in [0.1, 0.15) is 6.07 Å². The molecule has 1 aliphatic heterocycles. The molecule has 1 fully saturated rings. The molecule has 0 aromatic heterocycles. The van der Waals surface area contributed by atoms with Gasteiger partial charge in [-0.25, -0.2) is 8.78 Å². The fourth-order valence-electron chi connectivity index (χ4n) is 4.20. The van der Waals surface area contributed by atoms with Crippen LogP contribution in [0.1, 0.15) is 33.5 Å². The molecule has 1 saturated heterocycles. The Morgan fingerprint density at radius 2 is 1.97 bits per heavy atom. The van der Waals surface area contributed by atoms with Crippen LogP contribution in [0.2, 0.25) is 5.02 Å². The zero-order valence-corrected chi connectivity index (χ0v) is 18.8. The summed E-state index contributed by atoms with van der Waals surface area (Å²) in [5, 5.41) is 9.48. The summed E-state index contributed by atoms with van der Waals surface area (Å²) < 4.78 is 28.3. The van der Waals surface area contributed by atoms with Crippen LogP contribution in [0.4, 0.5) is 14.5 Å². The molecule has 168 valence electrons. The summed E-state index contributed by atoms with van der Waals surface area (Å²) in [6.45, 7) is 3.02. The fourth-order valence-corrected chi connectivity index (χ4v) is 4.42. The van der Waals surface area contributed by atoms with E-state index in [4.69, 9.17) is 11.6 Å². The number of carbonyl (C=O) groups excluding carboxylic acids is 1. The fraction of sp³-hybridized carbons (Fsp3) is 0.231. The molecule has 0 spiro atoms. The number of hydrogen-bond donors (Lipinski definition) is 0. The van der Waals surface area contributed by atoms with Crippen molar-refractivity contribution in [3.8, 4) is 6.07 Å². The van der Waals surface area contributed by atoms with E-state index in [0.717, 1.165) is 11.6 Å². The van der Waals surface area contributed by atoms with Crippen molar-refractivity contribution in [2.24, 2.45) is 0 Å². The molecule has 3 aromatic rings. The van der Waals surface area contributed by atoms with Crippen LogP contribution in [0, 0.1) is 29.9 Å². The SMILES string of the molecule is Cc1cccc(C(=O)N2CC[C@H](N(Cc3cccc(F)c3F)c3ccc(C#N)c(Cl)c3)C2)c1. The Kier molecular flexibility index (Phi) is 6.62. The predicted octanol–water partition coefficient (Wildman–Crippen LogP) is 5.72. The predicted molar refractivity (Wildman–Crippen MR) is 124 cm³/mol. The average Bonchev–Trinajstić information content (AvgIpc) is 3.29. The Hall–Kier alpha value is -3.43. The first-order valence-corrected chi connectivity index (χ1v) is 11.0. The van der Waals surface area contributed by atoms with Crippen LogP contribution in [0.5, 0.6) is 0 Å². The van der Waals surface area contributed by atoms with Crippen molar-refractivity contribution < 1.29 is 13.6 Å². The largest absolute Gasteiger partial charge is 0.362 e. The molecule has 4 rings (SSSR count). The topological polar surface area (TPSA) is 47.3 Å². The number of hydrogen-bond acceptors (Lipinski definition) is 3. The molecule has 0 N–H and O–H groups in total. The van der Waals surface area contributed by atoms with Gasteiger partial charge >= 0.3 is 0 Å². The lowest BCUT2D eigenvalue weighted by Gasteiger charge is -2.32.